The van der Waals surface area contributed by atoms with Gasteiger partial charge in [0.25, 0.3) is 0 Å². The minimum Gasteiger partial charge on any atom is -0.480 e. The summed E-state index contributed by atoms with van der Waals surface area (Å²) in [5.41, 5.74) is 11.8. The van der Waals surface area contributed by atoms with Crippen LogP contribution in [0.4, 0.5) is 0 Å². The molecule has 0 aliphatic carbocycles. The fraction of sp³-hybridized carbons (Fsp3) is 0.600. The van der Waals surface area contributed by atoms with Gasteiger partial charge in [-0.15, -0.1) is 0 Å². The summed E-state index contributed by atoms with van der Waals surface area (Å²) in [6.45, 7) is 4.29. The molecule has 0 fully saturated rings. The maximum absolute atomic E-state index is 10.4. The first-order valence-corrected chi connectivity index (χ1v) is 4.84. The number of amidine groups is 1. The first-order valence-electron chi connectivity index (χ1n) is 4.84. The molecule has 5 N–H and O–H groups in total. The van der Waals surface area contributed by atoms with Gasteiger partial charge in [-0.05, 0) is 26.7 Å². The van der Waals surface area contributed by atoms with Gasteiger partial charge in [-0.1, -0.05) is 11.6 Å². The van der Waals surface area contributed by atoms with Gasteiger partial charge in [-0.3, -0.25) is 9.79 Å². The van der Waals surface area contributed by atoms with Crippen molar-refractivity contribution < 1.29 is 9.90 Å². The Morgan fingerprint density at radius 3 is 2.60 bits per heavy atom. The number of hydrogen-bond donors (Lipinski definition) is 3. The van der Waals surface area contributed by atoms with Crippen LogP contribution in [-0.2, 0) is 4.79 Å². The summed E-state index contributed by atoms with van der Waals surface area (Å²) in [6.07, 6.45) is 2.97. The highest BCUT2D eigenvalue weighted by Crippen LogP contribution is 2.03. The summed E-state index contributed by atoms with van der Waals surface area (Å²) < 4.78 is 0. The van der Waals surface area contributed by atoms with Crippen LogP contribution in [-0.4, -0.2) is 29.5 Å². The van der Waals surface area contributed by atoms with E-state index >= 15 is 0 Å². The van der Waals surface area contributed by atoms with E-state index in [-0.39, 0.29) is 0 Å². The topological polar surface area (TPSA) is 102 Å². The summed E-state index contributed by atoms with van der Waals surface area (Å²) in [7, 11) is 0. The Morgan fingerprint density at radius 1 is 1.53 bits per heavy atom. The lowest BCUT2D eigenvalue weighted by molar-refractivity contribution is -0.138. The van der Waals surface area contributed by atoms with Crippen molar-refractivity contribution >= 4 is 11.8 Å². The predicted molar refractivity (Wildman–Crippen MR) is 60.8 cm³/mol. The summed E-state index contributed by atoms with van der Waals surface area (Å²) in [6, 6.07) is -0.820. The van der Waals surface area contributed by atoms with E-state index in [0.29, 0.717) is 18.8 Å². The third-order valence-electron chi connectivity index (χ3n) is 1.90. The Hall–Kier alpha value is -1.36. The van der Waals surface area contributed by atoms with Gasteiger partial charge < -0.3 is 16.6 Å². The second-order valence-corrected chi connectivity index (χ2v) is 3.50. The zero-order valence-electron chi connectivity index (χ0n) is 9.23. The molecular formula is C10H19N3O2. The van der Waals surface area contributed by atoms with Gasteiger partial charge >= 0.3 is 5.97 Å². The zero-order valence-corrected chi connectivity index (χ0v) is 9.23. The number of hydrogen-bond acceptors (Lipinski definition) is 3. The standard InChI is InChI=1S/C10H19N3O2/c1-7(5-6-13-8(2)11)3-4-9(12)10(14)15/h3,9H,4-6,12H2,1-2H3,(H2,11,13)(H,14,15)/t9-/m0/s1. The number of aliphatic carboxylic acids is 1. The van der Waals surface area contributed by atoms with Crippen LogP contribution in [0.2, 0.25) is 0 Å². The largest absolute Gasteiger partial charge is 0.480 e. The number of rotatable bonds is 6. The Kier molecular flexibility index (Phi) is 6.37. The predicted octanol–water partition coefficient (Wildman–Crippen LogP) is 0.502. The fourth-order valence-corrected chi connectivity index (χ4v) is 0.940. The molecule has 0 aromatic carbocycles. The lowest BCUT2D eigenvalue weighted by Crippen LogP contribution is -2.29. The van der Waals surface area contributed by atoms with Crippen molar-refractivity contribution in [1.82, 2.24) is 0 Å². The molecule has 0 radical (unpaired) electrons. The van der Waals surface area contributed by atoms with E-state index < -0.39 is 12.0 Å². The normalized spacial score (nSPS) is 15.1. The molecule has 15 heavy (non-hydrogen) atoms. The number of nitrogens with zero attached hydrogens (tertiary/aromatic N) is 1. The van der Waals surface area contributed by atoms with Crippen molar-refractivity contribution in [3.8, 4) is 0 Å². The summed E-state index contributed by atoms with van der Waals surface area (Å²) >= 11 is 0. The Morgan fingerprint density at radius 2 is 2.13 bits per heavy atom. The first-order chi connectivity index (χ1) is 6.93. The molecule has 0 aromatic heterocycles. The highest BCUT2D eigenvalue weighted by Gasteiger charge is 2.08. The Bertz CT molecular complexity index is 268. The minimum absolute atomic E-state index is 0.354. The van der Waals surface area contributed by atoms with Gasteiger partial charge in [0, 0.05) is 6.54 Å². The molecule has 0 rings (SSSR count). The first kappa shape index (κ1) is 13.6. The van der Waals surface area contributed by atoms with E-state index in [4.69, 9.17) is 16.6 Å². The monoisotopic (exact) mass is 213 g/mol. The van der Waals surface area contributed by atoms with Gasteiger partial charge in [0.2, 0.25) is 0 Å². The third kappa shape index (κ3) is 7.69. The van der Waals surface area contributed by atoms with Crippen LogP contribution in [0.15, 0.2) is 16.6 Å². The maximum atomic E-state index is 10.4. The molecule has 0 unspecified atom stereocenters. The highest BCUT2D eigenvalue weighted by molar-refractivity contribution is 5.77. The van der Waals surface area contributed by atoms with E-state index in [2.05, 4.69) is 4.99 Å². The zero-order chi connectivity index (χ0) is 11.8. The third-order valence-corrected chi connectivity index (χ3v) is 1.90. The van der Waals surface area contributed by atoms with E-state index in [9.17, 15) is 4.79 Å². The van der Waals surface area contributed by atoms with Gasteiger partial charge in [0.15, 0.2) is 0 Å². The fourth-order valence-electron chi connectivity index (χ4n) is 0.940. The summed E-state index contributed by atoms with van der Waals surface area (Å²) in [4.78, 5) is 14.5. The molecule has 5 heteroatoms. The number of carboxylic acids is 1. The van der Waals surface area contributed by atoms with Crippen LogP contribution < -0.4 is 11.5 Å². The van der Waals surface area contributed by atoms with Crippen molar-refractivity contribution in [3.05, 3.63) is 11.6 Å². The van der Waals surface area contributed by atoms with Crippen LogP contribution in [0.25, 0.3) is 0 Å². The van der Waals surface area contributed by atoms with Crippen LogP contribution in [0.3, 0.4) is 0 Å². The molecule has 5 nitrogen and oxygen atoms in total. The van der Waals surface area contributed by atoms with Crippen molar-refractivity contribution in [3.63, 3.8) is 0 Å². The van der Waals surface area contributed by atoms with E-state index in [1.165, 1.54) is 0 Å². The molecule has 0 aromatic rings. The SMILES string of the molecule is CC(=CC[C@H](N)C(=O)O)CCN=C(C)N. The second-order valence-electron chi connectivity index (χ2n) is 3.50. The molecule has 0 saturated heterocycles. The lowest BCUT2D eigenvalue weighted by Gasteiger charge is -2.03. The molecule has 0 saturated carbocycles. The number of aliphatic imine (C=N–C) groups is 1. The highest BCUT2D eigenvalue weighted by atomic mass is 16.4. The van der Waals surface area contributed by atoms with Crippen molar-refractivity contribution in [1.29, 1.82) is 0 Å². The summed E-state index contributed by atoms with van der Waals surface area (Å²) in [5.74, 6) is -0.417. The Balaban J connectivity index is 3.89. The van der Waals surface area contributed by atoms with E-state index in [0.717, 1.165) is 12.0 Å². The quantitative estimate of drug-likeness (QED) is 0.339. The molecule has 0 heterocycles. The Labute approximate surface area is 89.9 Å². The van der Waals surface area contributed by atoms with Gasteiger partial charge in [-0.25, -0.2) is 0 Å². The molecule has 86 valence electrons. The van der Waals surface area contributed by atoms with E-state index in [1.54, 1.807) is 6.92 Å². The van der Waals surface area contributed by atoms with Gasteiger partial charge in [-0.2, -0.15) is 0 Å². The van der Waals surface area contributed by atoms with Crippen LogP contribution in [0.5, 0.6) is 0 Å². The van der Waals surface area contributed by atoms with Crippen molar-refractivity contribution in [2.45, 2.75) is 32.7 Å². The molecule has 0 aliphatic heterocycles. The molecular weight excluding hydrogens is 194 g/mol. The lowest BCUT2D eigenvalue weighted by atomic mass is 10.1. The van der Waals surface area contributed by atoms with Gasteiger partial charge in [0.1, 0.15) is 6.04 Å². The second kappa shape index (κ2) is 7.00. The minimum atomic E-state index is -0.977. The molecule has 0 amide bonds. The molecule has 0 bridgehead atoms. The summed E-state index contributed by atoms with van der Waals surface area (Å²) in [5, 5.41) is 8.55. The van der Waals surface area contributed by atoms with E-state index in [1.807, 2.05) is 13.0 Å². The average molecular weight is 213 g/mol. The van der Waals surface area contributed by atoms with Crippen molar-refractivity contribution in [2.75, 3.05) is 6.54 Å². The van der Waals surface area contributed by atoms with Crippen LogP contribution in [0.1, 0.15) is 26.7 Å². The van der Waals surface area contributed by atoms with Crippen LogP contribution >= 0.6 is 0 Å². The van der Waals surface area contributed by atoms with Crippen molar-refractivity contribution in [2.24, 2.45) is 16.5 Å². The molecule has 0 aliphatic rings. The average Bonchev–Trinajstić information content (AvgIpc) is 2.13. The van der Waals surface area contributed by atoms with Crippen LogP contribution in [0, 0.1) is 0 Å². The number of nitrogens with two attached hydrogens (primary N) is 2. The number of carbonyl (C=O) groups is 1. The maximum Gasteiger partial charge on any atom is 0.320 e. The molecule has 1 atom stereocenters. The number of carboxylic acid groups (broad SMARTS) is 1. The molecule has 0 spiro atoms. The van der Waals surface area contributed by atoms with Gasteiger partial charge in [0.05, 0.1) is 5.84 Å². The smallest absolute Gasteiger partial charge is 0.320 e.